The van der Waals surface area contributed by atoms with Gasteiger partial charge in [-0.15, -0.1) is 0 Å². The van der Waals surface area contributed by atoms with Crippen molar-refractivity contribution in [3.63, 3.8) is 0 Å². The van der Waals surface area contributed by atoms with E-state index in [0.717, 1.165) is 0 Å². The molecular weight excluding hydrogens is 236 g/mol. The third-order valence-electron chi connectivity index (χ3n) is 5.38. The van der Waals surface area contributed by atoms with Gasteiger partial charge in [0.05, 0.1) is 0 Å². The van der Waals surface area contributed by atoms with Crippen molar-refractivity contribution in [2.75, 3.05) is 59.9 Å². The van der Waals surface area contributed by atoms with Crippen LogP contribution in [0.3, 0.4) is 0 Å². The zero-order valence-corrected chi connectivity index (χ0v) is 13.5. The second kappa shape index (κ2) is 6.53. The molecular formula is C15H32N4. The van der Waals surface area contributed by atoms with Crippen LogP contribution in [0.25, 0.3) is 0 Å². The Balaban J connectivity index is 1.86. The molecule has 0 N–H and O–H groups in total. The molecule has 0 bridgehead atoms. The van der Waals surface area contributed by atoms with E-state index < -0.39 is 0 Å². The Morgan fingerprint density at radius 1 is 0.789 bits per heavy atom. The molecule has 0 spiro atoms. The van der Waals surface area contributed by atoms with Gasteiger partial charge in [0.15, 0.2) is 0 Å². The van der Waals surface area contributed by atoms with Crippen LogP contribution >= 0.6 is 0 Å². The molecule has 2 aliphatic rings. The van der Waals surface area contributed by atoms with Gasteiger partial charge in [-0.1, -0.05) is 0 Å². The summed E-state index contributed by atoms with van der Waals surface area (Å²) in [4.78, 5) is 10.3. The van der Waals surface area contributed by atoms with Gasteiger partial charge in [0.1, 0.15) is 0 Å². The summed E-state index contributed by atoms with van der Waals surface area (Å²) in [5, 5.41) is 0. The average Bonchev–Trinajstić information content (AvgIpc) is 2.41. The Morgan fingerprint density at radius 2 is 1.32 bits per heavy atom. The molecule has 2 aliphatic heterocycles. The summed E-state index contributed by atoms with van der Waals surface area (Å²) in [6, 6.07) is 2.03. The highest BCUT2D eigenvalue weighted by atomic mass is 15.3. The fraction of sp³-hybridized carbons (Fsp3) is 1.00. The Hall–Kier alpha value is -0.160. The Bertz CT molecular complexity index is 275. The van der Waals surface area contributed by atoms with Gasteiger partial charge in [0.25, 0.3) is 0 Å². The van der Waals surface area contributed by atoms with Gasteiger partial charge in [-0.05, 0) is 34.9 Å². The second-order valence-electron chi connectivity index (χ2n) is 6.65. The molecule has 0 amide bonds. The summed E-state index contributed by atoms with van der Waals surface area (Å²) in [6.45, 7) is 15.7. The van der Waals surface area contributed by atoms with E-state index in [9.17, 15) is 0 Å². The zero-order chi connectivity index (χ0) is 14.0. The first-order chi connectivity index (χ1) is 8.99. The van der Waals surface area contributed by atoms with Crippen LogP contribution in [0.2, 0.25) is 0 Å². The molecule has 2 fully saturated rings. The minimum Gasteiger partial charge on any atom is -0.304 e. The highest BCUT2D eigenvalue weighted by Gasteiger charge is 2.30. The van der Waals surface area contributed by atoms with E-state index in [1.165, 1.54) is 45.8 Å². The number of hydrogen-bond acceptors (Lipinski definition) is 4. The van der Waals surface area contributed by atoms with Crippen LogP contribution in [0.4, 0.5) is 0 Å². The number of likely N-dealkylation sites (N-methyl/N-ethyl adjacent to an activating group) is 2. The molecule has 19 heavy (non-hydrogen) atoms. The maximum Gasteiger partial charge on any atom is 0.0221 e. The summed E-state index contributed by atoms with van der Waals surface area (Å²) in [7, 11) is 4.48. The fourth-order valence-corrected chi connectivity index (χ4v) is 3.29. The minimum absolute atomic E-state index is 0.666. The molecule has 0 aliphatic carbocycles. The predicted molar refractivity (Wildman–Crippen MR) is 81.7 cm³/mol. The van der Waals surface area contributed by atoms with Crippen LogP contribution in [-0.2, 0) is 0 Å². The van der Waals surface area contributed by atoms with Crippen molar-refractivity contribution in [2.45, 2.75) is 38.9 Å². The lowest BCUT2D eigenvalue weighted by molar-refractivity contribution is 0.0237. The van der Waals surface area contributed by atoms with Gasteiger partial charge < -0.3 is 9.80 Å². The highest BCUT2D eigenvalue weighted by Crippen LogP contribution is 2.17. The molecule has 0 radical (unpaired) electrons. The lowest BCUT2D eigenvalue weighted by atomic mass is 10.0. The van der Waals surface area contributed by atoms with Crippen molar-refractivity contribution < 1.29 is 0 Å². The second-order valence-corrected chi connectivity index (χ2v) is 6.65. The highest BCUT2D eigenvalue weighted by molar-refractivity contribution is 4.87. The van der Waals surface area contributed by atoms with E-state index >= 15 is 0 Å². The normalized spacial score (nSPS) is 32.4. The molecule has 2 saturated heterocycles. The number of nitrogens with zero attached hydrogens (tertiary/aromatic N) is 4. The first-order valence-electron chi connectivity index (χ1n) is 7.86. The summed E-state index contributed by atoms with van der Waals surface area (Å²) < 4.78 is 0. The maximum atomic E-state index is 2.69. The third-order valence-corrected chi connectivity index (χ3v) is 5.38. The topological polar surface area (TPSA) is 13.0 Å². The first kappa shape index (κ1) is 15.2. The standard InChI is InChI=1S/C15H32N4/c1-13-12-19(11-8-17(13)5)15(3)14(2)18-9-6-16(4)7-10-18/h13-15H,6-12H2,1-5H3/t13?,14-,15+/m1/s1. The van der Waals surface area contributed by atoms with E-state index in [2.05, 4.69) is 54.5 Å². The molecule has 1 unspecified atom stereocenters. The summed E-state index contributed by atoms with van der Waals surface area (Å²) in [6.07, 6.45) is 0. The van der Waals surface area contributed by atoms with E-state index in [-0.39, 0.29) is 0 Å². The van der Waals surface area contributed by atoms with Gasteiger partial charge in [-0.3, -0.25) is 9.80 Å². The quantitative estimate of drug-likeness (QED) is 0.745. The molecule has 0 aromatic heterocycles. The Kier molecular flexibility index (Phi) is 5.23. The Labute approximate surface area is 119 Å². The molecule has 4 heteroatoms. The average molecular weight is 268 g/mol. The van der Waals surface area contributed by atoms with Crippen LogP contribution in [0.15, 0.2) is 0 Å². The van der Waals surface area contributed by atoms with Gasteiger partial charge in [-0.2, -0.15) is 0 Å². The van der Waals surface area contributed by atoms with Gasteiger partial charge in [-0.25, -0.2) is 0 Å². The van der Waals surface area contributed by atoms with Crippen molar-refractivity contribution in [3.8, 4) is 0 Å². The fourth-order valence-electron chi connectivity index (χ4n) is 3.29. The smallest absolute Gasteiger partial charge is 0.0221 e. The largest absolute Gasteiger partial charge is 0.304 e. The molecule has 112 valence electrons. The van der Waals surface area contributed by atoms with Crippen LogP contribution in [0.1, 0.15) is 20.8 Å². The van der Waals surface area contributed by atoms with Crippen molar-refractivity contribution in [2.24, 2.45) is 0 Å². The lowest BCUT2D eigenvalue weighted by Gasteiger charge is -2.46. The molecule has 0 aromatic carbocycles. The van der Waals surface area contributed by atoms with Crippen molar-refractivity contribution in [1.82, 2.24) is 19.6 Å². The number of piperazine rings is 2. The van der Waals surface area contributed by atoms with Crippen molar-refractivity contribution >= 4 is 0 Å². The minimum atomic E-state index is 0.666. The van der Waals surface area contributed by atoms with Crippen LogP contribution in [0, 0.1) is 0 Å². The first-order valence-corrected chi connectivity index (χ1v) is 7.86. The molecule has 2 rings (SSSR count). The number of hydrogen-bond donors (Lipinski definition) is 0. The van der Waals surface area contributed by atoms with E-state index in [1.807, 2.05) is 0 Å². The summed E-state index contributed by atoms with van der Waals surface area (Å²) >= 11 is 0. The summed E-state index contributed by atoms with van der Waals surface area (Å²) in [5.41, 5.74) is 0. The van der Waals surface area contributed by atoms with Gasteiger partial charge in [0, 0.05) is 63.9 Å². The van der Waals surface area contributed by atoms with Gasteiger partial charge >= 0.3 is 0 Å². The molecule has 2 heterocycles. The number of rotatable bonds is 3. The lowest BCUT2D eigenvalue weighted by Crippen LogP contribution is -2.59. The molecule has 3 atom stereocenters. The van der Waals surface area contributed by atoms with Crippen molar-refractivity contribution in [3.05, 3.63) is 0 Å². The van der Waals surface area contributed by atoms with Crippen LogP contribution in [-0.4, -0.2) is 97.6 Å². The molecule has 4 nitrogen and oxygen atoms in total. The van der Waals surface area contributed by atoms with Gasteiger partial charge in [0.2, 0.25) is 0 Å². The predicted octanol–water partition coefficient (Wildman–Crippen LogP) is 0.647. The Morgan fingerprint density at radius 3 is 1.89 bits per heavy atom. The zero-order valence-electron chi connectivity index (χ0n) is 13.5. The van der Waals surface area contributed by atoms with E-state index in [4.69, 9.17) is 0 Å². The van der Waals surface area contributed by atoms with Crippen LogP contribution < -0.4 is 0 Å². The van der Waals surface area contributed by atoms with Crippen molar-refractivity contribution in [1.29, 1.82) is 0 Å². The summed E-state index contributed by atoms with van der Waals surface area (Å²) in [5.74, 6) is 0. The third kappa shape index (κ3) is 3.69. The SMILES string of the molecule is CC1CN([C@@H](C)[C@@H](C)N2CCN(C)CC2)CCN1C. The maximum absolute atomic E-state index is 2.69. The molecule has 0 aromatic rings. The monoisotopic (exact) mass is 268 g/mol. The van der Waals surface area contributed by atoms with Crippen LogP contribution in [0.5, 0.6) is 0 Å². The van der Waals surface area contributed by atoms with E-state index in [1.54, 1.807) is 0 Å². The van der Waals surface area contributed by atoms with E-state index in [0.29, 0.717) is 18.1 Å². The molecule has 0 saturated carbocycles.